The summed E-state index contributed by atoms with van der Waals surface area (Å²) in [6.07, 6.45) is 21.4. The molecule has 0 saturated carbocycles. The zero-order valence-corrected chi connectivity index (χ0v) is 32.6. The fraction of sp³-hybridized carbons (Fsp3) is 0.319. The van der Waals surface area contributed by atoms with Gasteiger partial charge in [-0.2, -0.15) is 0 Å². The van der Waals surface area contributed by atoms with Crippen LogP contribution < -0.4 is 9.80 Å². The Bertz CT molecular complexity index is 2210. The van der Waals surface area contributed by atoms with E-state index in [1.807, 2.05) is 23.5 Å². The lowest BCUT2D eigenvalue weighted by Gasteiger charge is -2.32. The first-order chi connectivity index (χ1) is 24.6. The molecule has 0 N–H and O–H groups in total. The minimum absolute atomic E-state index is 0.218. The zero-order chi connectivity index (χ0) is 35.3. The largest absolute Gasteiger partial charge is 0.355 e. The highest BCUT2D eigenvalue weighted by atomic mass is 32.2. The van der Waals surface area contributed by atoms with Crippen molar-refractivity contribution in [3.05, 3.63) is 143 Å². The molecule has 2 aliphatic carbocycles. The molecule has 4 aliphatic rings. The molecule has 0 amide bonds. The van der Waals surface area contributed by atoms with Gasteiger partial charge in [-0.15, -0.1) is 0 Å². The molecule has 1 atom stereocenters. The van der Waals surface area contributed by atoms with Crippen LogP contribution in [0.1, 0.15) is 67.2 Å². The fourth-order valence-corrected chi connectivity index (χ4v) is 11.5. The number of benzene rings is 4. The van der Waals surface area contributed by atoms with Crippen LogP contribution in [0, 0.1) is 10.8 Å². The lowest BCUT2D eigenvalue weighted by atomic mass is 9.74. The topological polar surface area (TPSA) is 6.48 Å². The Labute approximate surface area is 313 Å². The minimum Gasteiger partial charge on any atom is -0.355 e. The SMILES string of the molecule is CCN1C(=CC2=CC(=CC=CC3=CC(=CC4Sc5c(ccc6ccccc56)N4CC)CC(C)(C)C3)CC(C)(C)C2)Sc2c1ccc1ccccc21. The maximum atomic E-state index is 2.57. The molecular weight excluding hydrogens is 657 g/mol. The van der Waals surface area contributed by atoms with Crippen molar-refractivity contribution in [3.8, 4) is 0 Å². The van der Waals surface area contributed by atoms with Gasteiger partial charge >= 0.3 is 0 Å². The average Bonchev–Trinajstić information content (AvgIpc) is 3.63. The second-order valence-corrected chi connectivity index (χ2v) is 18.4. The molecule has 0 fully saturated rings. The molecule has 2 heterocycles. The molecule has 1 unspecified atom stereocenters. The van der Waals surface area contributed by atoms with Crippen molar-refractivity contribution in [2.45, 2.75) is 82.4 Å². The molecule has 2 nitrogen and oxygen atoms in total. The Balaban J connectivity index is 1.05. The van der Waals surface area contributed by atoms with Crippen LogP contribution >= 0.6 is 23.5 Å². The van der Waals surface area contributed by atoms with E-state index in [1.165, 1.54) is 70.0 Å². The molecular formula is C47H50N2S2. The number of likely N-dealkylation sites (N-methyl/N-ethyl adjacent to an activating group) is 1. The zero-order valence-electron chi connectivity index (χ0n) is 31.0. The summed E-state index contributed by atoms with van der Waals surface area (Å²) in [5, 5.41) is 7.03. The average molecular weight is 707 g/mol. The summed E-state index contributed by atoms with van der Waals surface area (Å²) < 4.78 is 0. The van der Waals surface area contributed by atoms with E-state index in [-0.39, 0.29) is 10.8 Å². The number of rotatable bonds is 6. The fourth-order valence-electron chi connectivity index (χ4n) is 8.71. The summed E-state index contributed by atoms with van der Waals surface area (Å²) in [6, 6.07) is 26.8. The van der Waals surface area contributed by atoms with Crippen molar-refractivity contribution in [2.24, 2.45) is 10.8 Å². The third-order valence-electron chi connectivity index (χ3n) is 10.8. The lowest BCUT2D eigenvalue weighted by molar-refractivity contribution is 0.354. The Morgan fingerprint density at radius 3 is 2.02 bits per heavy atom. The molecule has 0 aromatic heterocycles. The smallest absolute Gasteiger partial charge is 0.0988 e. The van der Waals surface area contributed by atoms with Gasteiger partial charge in [0.05, 0.1) is 21.8 Å². The summed E-state index contributed by atoms with van der Waals surface area (Å²) in [7, 11) is 0. The van der Waals surface area contributed by atoms with Crippen LogP contribution in [0.2, 0.25) is 0 Å². The van der Waals surface area contributed by atoms with Gasteiger partial charge in [0.15, 0.2) is 0 Å². The molecule has 4 heteroatoms. The number of fused-ring (bicyclic) bond motifs is 6. The van der Waals surface area contributed by atoms with Crippen molar-refractivity contribution in [3.63, 3.8) is 0 Å². The number of hydrogen-bond donors (Lipinski definition) is 0. The van der Waals surface area contributed by atoms with Crippen molar-refractivity contribution >= 4 is 56.4 Å². The normalized spacial score (nSPS) is 23.5. The van der Waals surface area contributed by atoms with Gasteiger partial charge in [0.2, 0.25) is 0 Å². The van der Waals surface area contributed by atoms with Crippen molar-refractivity contribution < 1.29 is 0 Å². The molecule has 4 aromatic rings. The summed E-state index contributed by atoms with van der Waals surface area (Å²) in [4.78, 5) is 7.88. The van der Waals surface area contributed by atoms with Crippen molar-refractivity contribution in [2.75, 3.05) is 22.9 Å². The third kappa shape index (κ3) is 6.90. The van der Waals surface area contributed by atoms with Gasteiger partial charge in [-0.1, -0.05) is 142 Å². The highest BCUT2D eigenvalue weighted by Crippen LogP contribution is 2.51. The van der Waals surface area contributed by atoms with E-state index >= 15 is 0 Å². The quantitative estimate of drug-likeness (QED) is 0.197. The van der Waals surface area contributed by atoms with Gasteiger partial charge in [-0.25, -0.2) is 0 Å². The first-order valence-electron chi connectivity index (χ1n) is 18.7. The number of hydrogen-bond acceptors (Lipinski definition) is 4. The molecule has 8 rings (SSSR count). The van der Waals surface area contributed by atoms with Crippen LogP contribution in [-0.2, 0) is 0 Å². The number of allylic oxidation sites excluding steroid dienone is 10. The number of anilines is 2. The molecule has 0 bridgehead atoms. The summed E-state index contributed by atoms with van der Waals surface area (Å²) in [5.74, 6) is 0. The summed E-state index contributed by atoms with van der Waals surface area (Å²) >= 11 is 3.95. The van der Waals surface area contributed by atoms with E-state index in [9.17, 15) is 0 Å². The highest BCUT2D eigenvalue weighted by Gasteiger charge is 2.32. The van der Waals surface area contributed by atoms with Crippen LogP contribution in [0.25, 0.3) is 21.5 Å². The van der Waals surface area contributed by atoms with Crippen molar-refractivity contribution in [1.29, 1.82) is 0 Å². The molecule has 0 spiro atoms. The highest BCUT2D eigenvalue weighted by molar-refractivity contribution is 8.04. The van der Waals surface area contributed by atoms with Gasteiger partial charge in [0, 0.05) is 22.9 Å². The molecule has 260 valence electrons. The molecule has 2 aliphatic heterocycles. The third-order valence-corrected chi connectivity index (χ3v) is 13.2. The number of nitrogens with zero attached hydrogens (tertiary/aromatic N) is 2. The first kappa shape index (κ1) is 34.2. The van der Waals surface area contributed by atoms with E-state index in [2.05, 4.69) is 167 Å². The first-order valence-corrected chi connectivity index (χ1v) is 20.4. The van der Waals surface area contributed by atoms with Gasteiger partial charge in [-0.05, 0) is 118 Å². The lowest BCUT2D eigenvalue weighted by Crippen LogP contribution is -2.28. The Morgan fingerprint density at radius 1 is 0.686 bits per heavy atom. The molecule has 4 aromatic carbocycles. The van der Waals surface area contributed by atoms with E-state index < -0.39 is 0 Å². The summed E-state index contributed by atoms with van der Waals surface area (Å²) in [5.41, 5.74) is 8.89. The van der Waals surface area contributed by atoms with Gasteiger partial charge in [-0.3, -0.25) is 0 Å². The van der Waals surface area contributed by atoms with Crippen LogP contribution in [0.4, 0.5) is 11.4 Å². The van der Waals surface area contributed by atoms with Gasteiger partial charge in [0.25, 0.3) is 0 Å². The number of thioether (sulfide) groups is 2. The van der Waals surface area contributed by atoms with E-state index in [1.54, 1.807) is 0 Å². The van der Waals surface area contributed by atoms with Gasteiger partial charge < -0.3 is 9.80 Å². The van der Waals surface area contributed by atoms with E-state index in [0.717, 1.165) is 38.8 Å². The van der Waals surface area contributed by atoms with Crippen LogP contribution in [0.15, 0.2) is 152 Å². The Hall–Kier alpha value is -3.86. The van der Waals surface area contributed by atoms with Gasteiger partial charge in [0.1, 0.15) is 0 Å². The minimum atomic E-state index is 0.218. The monoisotopic (exact) mass is 706 g/mol. The van der Waals surface area contributed by atoms with E-state index in [0.29, 0.717) is 5.37 Å². The van der Waals surface area contributed by atoms with Crippen molar-refractivity contribution in [1.82, 2.24) is 0 Å². The Morgan fingerprint density at radius 2 is 1.31 bits per heavy atom. The van der Waals surface area contributed by atoms with Crippen LogP contribution in [0.5, 0.6) is 0 Å². The summed E-state index contributed by atoms with van der Waals surface area (Å²) in [6.45, 7) is 16.2. The maximum Gasteiger partial charge on any atom is 0.0988 e. The molecule has 0 saturated heterocycles. The standard InChI is InChI=1S/C47H50N2S2/c1-7-48-40-22-20-36-16-9-11-18-38(36)44(40)50-42(48)26-34-24-32(28-46(3,4)30-34)14-13-15-33-25-35(31-47(5,6)29-33)27-43-49(8-2)41-23-21-37-17-10-12-19-39(37)45(41)51-43/h9-27,42H,7-8,28-31H2,1-6H3. The van der Waals surface area contributed by atoms with Crippen LogP contribution in [-0.4, -0.2) is 18.5 Å². The maximum absolute atomic E-state index is 2.57. The molecule has 51 heavy (non-hydrogen) atoms. The van der Waals surface area contributed by atoms with Crippen LogP contribution in [0.3, 0.4) is 0 Å². The second kappa shape index (κ2) is 13.6. The van der Waals surface area contributed by atoms with E-state index in [4.69, 9.17) is 0 Å². The predicted octanol–water partition coefficient (Wildman–Crippen LogP) is 13.6. The predicted molar refractivity (Wildman–Crippen MR) is 225 cm³/mol. The Kier molecular flexibility index (Phi) is 9.13. The second-order valence-electron chi connectivity index (χ2n) is 16.2. The molecule has 0 radical (unpaired) electrons.